The summed E-state index contributed by atoms with van der Waals surface area (Å²) < 4.78 is 31.2. The molecule has 0 bridgehead atoms. The highest BCUT2D eigenvalue weighted by Crippen LogP contribution is 2.15. The zero-order valence-corrected chi connectivity index (χ0v) is 6.76. The molecule has 1 heterocycles. The average molecular weight is 183 g/mol. The summed E-state index contributed by atoms with van der Waals surface area (Å²) in [6, 6.07) is 3.68. The van der Waals surface area contributed by atoms with E-state index < -0.39 is 11.6 Å². The van der Waals surface area contributed by atoms with Crippen molar-refractivity contribution in [2.24, 2.45) is 4.99 Å². The first-order valence-electron chi connectivity index (χ1n) is 3.90. The number of hydrogen-bond donors (Lipinski definition) is 0. The minimum atomic E-state index is -0.638. The number of halogens is 2. The Morgan fingerprint density at radius 2 is 1.92 bits per heavy atom. The van der Waals surface area contributed by atoms with E-state index in [2.05, 4.69) is 4.99 Å². The largest absolute Gasteiger partial charge is 0.475 e. The zero-order valence-electron chi connectivity index (χ0n) is 6.76. The van der Waals surface area contributed by atoms with E-state index in [1.807, 2.05) is 0 Å². The highest BCUT2D eigenvalue weighted by atomic mass is 19.1. The normalized spacial score (nSPS) is 15.4. The highest BCUT2D eigenvalue weighted by Gasteiger charge is 2.18. The highest BCUT2D eigenvalue weighted by molar-refractivity contribution is 5.95. The second kappa shape index (κ2) is 3.12. The zero-order chi connectivity index (χ0) is 9.26. The number of rotatable bonds is 1. The fourth-order valence-corrected chi connectivity index (χ4v) is 1.19. The van der Waals surface area contributed by atoms with Crippen molar-refractivity contribution in [3.8, 4) is 0 Å². The molecule has 0 radical (unpaired) electrons. The smallest absolute Gasteiger partial charge is 0.222 e. The van der Waals surface area contributed by atoms with Crippen LogP contribution in [0.2, 0.25) is 0 Å². The van der Waals surface area contributed by atoms with Crippen LogP contribution in [-0.4, -0.2) is 19.0 Å². The Kier molecular flexibility index (Phi) is 1.96. The molecule has 4 heteroatoms. The van der Waals surface area contributed by atoms with Crippen LogP contribution in [0.3, 0.4) is 0 Å². The molecule has 0 unspecified atom stereocenters. The van der Waals surface area contributed by atoms with Crippen LogP contribution in [0, 0.1) is 11.6 Å². The lowest BCUT2D eigenvalue weighted by Crippen LogP contribution is -2.07. The first-order valence-corrected chi connectivity index (χ1v) is 3.90. The summed E-state index contributed by atoms with van der Waals surface area (Å²) in [5.41, 5.74) is -0.167. The molecule has 1 aliphatic rings. The van der Waals surface area contributed by atoms with Gasteiger partial charge in [0.25, 0.3) is 0 Å². The molecule has 1 aromatic carbocycles. The predicted molar refractivity (Wildman–Crippen MR) is 43.7 cm³/mol. The molecule has 2 rings (SSSR count). The quantitative estimate of drug-likeness (QED) is 0.649. The molecule has 0 saturated carbocycles. The molecular weight excluding hydrogens is 176 g/mol. The van der Waals surface area contributed by atoms with E-state index in [4.69, 9.17) is 4.74 Å². The van der Waals surface area contributed by atoms with Gasteiger partial charge in [-0.3, -0.25) is 0 Å². The summed E-state index contributed by atoms with van der Waals surface area (Å²) in [6.07, 6.45) is 0. The van der Waals surface area contributed by atoms with E-state index in [-0.39, 0.29) is 11.5 Å². The van der Waals surface area contributed by atoms with Gasteiger partial charge in [0.1, 0.15) is 23.8 Å². The van der Waals surface area contributed by atoms with Gasteiger partial charge in [-0.2, -0.15) is 0 Å². The molecule has 2 nitrogen and oxygen atoms in total. The van der Waals surface area contributed by atoms with Crippen LogP contribution in [0.5, 0.6) is 0 Å². The average Bonchev–Trinajstić information content (AvgIpc) is 2.57. The number of aliphatic imine (C=N–C) groups is 1. The molecule has 0 aromatic heterocycles. The SMILES string of the molecule is Fc1cccc(F)c1C1=NCCO1. The van der Waals surface area contributed by atoms with Crippen LogP contribution in [0.15, 0.2) is 23.2 Å². The Bertz CT molecular complexity index is 342. The number of ether oxygens (including phenoxy) is 1. The van der Waals surface area contributed by atoms with Gasteiger partial charge in [0, 0.05) is 0 Å². The van der Waals surface area contributed by atoms with Gasteiger partial charge in [0.15, 0.2) is 0 Å². The van der Waals surface area contributed by atoms with Gasteiger partial charge < -0.3 is 4.74 Å². The van der Waals surface area contributed by atoms with Crippen LogP contribution >= 0.6 is 0 Å². The van der Waals surface area contributed by atoms with Gasteiger partial charge in [-0.1, -0.05) is 6.07 Å². The van der Waals surface area contributed by atoms with E-state index in [1.54, 1.807) is 0 Å². The topological polar surface area (TPSA) is 21.6 Å². The number of benzene rings is 1. The fourth-order valence-electron chi connectivity index (χ4n) is 1.19. The van der Waals surface area contributed by atoms with Crippen molar-refractivity contribution >= 4 is 5.90 Å². The molecular formula is C9H7F2NO. The third kappa shape index (κ3) is 1.39. The second-order valence-corrected chi connectivity index (χ2v) is 2.63. The van der Waals surface area contributed by atoms with Crippen molar-refractivity contribution in [3.05, 3.63) is 35.4 Å². The maximum Gasteiger partial charge on any atom is 0.222 e. The Hall–Kier alpha value is -1.45. The number of nitrogens with zero attached hydrogens (tertiary/aromatic N) is 1. The molecule has 13 heavy (non-hydrogen) atoms. The third-order valence-corrected chi connectivity index (χ3v) is 1.76. The Morgan fingerprint density at radius 3 is 2.46 bits per heavy atom. The van der Waals surface area contributed by atoms with Crippen LogP contribution < -0.4 is 0 Å². The first-order chi connectivity index (χ1) is 6.29. The van der Waals surface area contributed by atoms with Gasteiger partial charge in [0.2, 0.25) is 5.90 Å². The molecule has 0 aliphatic carbocycles. The molecule has 0 amide bonds. The van der Waals surface area contributed by atoms with Gasteiger partial charge in [-0.15, -0.1) is 0 Å². The Balaban J connectivity index is 2.49. The summed E-state index contributed by atoms with van der Waals surface area (Å²) in [4.78, 5) is 3.84. The summed E-state index contributed by atoms with van der Waals surface area (Å²) in [5, 5.41) is 0. The molecule has 68 valence electrons. The van der Waals surface area contributed by atoms with Crippen LogP contribution in [0.4, 0.5) is 8.78 Å². The Labute approximate surface area is 73.9 Å². The standard InChI is InChI=1S/C9H7F2NO/c10-6-2-1-3-7(11)8(6)9-12-4-5-13-9/h1-3H,4-5H2. The summed E-state index contributed by atoms with van der Waals surface area (Å²) >= 11 is 0. The lowest BCUT2D eigenvalue weighted by molar-refractivity contribution is 0.345. The minimum absolute atomic E-state index is 0.0654. The van der Waals surface area contributed by atoms with Crippen LogP contribution in [0.25, 0.3) is 0 Å². The number of hydrogen-bond acceptors (Lipinski definition) is 2. The van der Waals surface area contributed by atoms with Gasteiger partial charge in [0.05, 0.1) is 6.54 Å². The first kappa shape index (κ1) is 8.16. The van der Waals surface area contributed by atoms with Gasteiger partial charge in [-0.05, 0) is 12.1 Å². The van der Waals surface area contributed by atoms with Gasteiger partial charge in [-0.25, -0.2) is 13.8 Å². The van der Waals surface area contributed by atoms with Crippen molar-refractivity contribution in [2.45, 2.75) is 0 Å². The lowest BCUT2D eigenvalue weighted by atomic mass is 10.2. The van der Waals surface area contributed by atoms with Gasteiger partial charge >= 0.3 is 0 Å². The fraction of sp³-hybridized carbons (Fsp3) is 0.222. The molecule has 0 atom stereocenters. The van der Waals surface area contributed by atoms with Crippen molar-refractivity contribution in [1.29, 1.82) is 0 Å². The van der Waals surface area contributed by atoms with Crippen molar-refractivity contribution < 1.29 is 13.5 Å². The van der Waals surface area contributed by atoms with E-state index in [1.165, 1.54) is 18.2 Å². The van der Waals surface area contributed by atoms with E-state index in [9.17, 15) is 8.78 Å². The van der Waals surface area contributed by atoms with E-state index >= 15 is 0 Å². The molecule has 0 saturated heterocycles. The maximum atomic E-state index is 13.1. The van der Waals surface area contributed by atoms with E-state index in [0.717, 1.165) is 0 Å². The van der Waals surface area contributed by atoms with Crippen LogP contribution in [0.1, 0.15) is 5.56 Å². The maximum absolute atomic E-state index is 13.1. The van der Waals surface area contributed by atoms with Crippen molar-refractivity contribution in [3.63, 3.8) is 0 Å². The third-order valence-electron chi connectivity index (χ3n) is 1.76. The van der Waals surface area contributed by atoms with Crippen molar-refractivity contribution in [1.82, 2.24) is 0 Å². The van der Waals surface area contributed by atoms with E-state index in [0.29, 0.717) is 13.2 Å². The molecule has 1 aliphatic heterocycles. The summed E-state index contributed by atoms with van der Waals surface area (Å²) in [6.45, 7) is 0.853. The lowest BCUT2D eigenvalue weighted by Gasteiger charge is -2.03. The Morgan fingerprint density at radius 1 is 1.23 bits per heavy atom. The van der Waals surface area contributed by atoms with Crippen LogP contribution in [-0.2, 0) is 4.74 Å². The molecule has 0 spiro atoms. The molecule has 1 aromatic rings. The summed E-state index contributed by atoms with van der Waals surface area (Å²) in [7, 11) is 0. The summed E-state index contributed by atoms with van der Waals surface area (Å²) in [5.74, 6) is -1.21. The minimum Gasteiger partial charge on any atom is -0.475 e. The van der Waals surface area contributed by atoms with Crippen molar-refractivity contribution in [2.75, 3.05) is 13.2 Å². The monoisotopic (exact) mass is 183 g/mol. The second-order valence-electron chi connectivity index (χ2n) is 2.63. The molecule has 0 fully saturated rings. The molecule has 0 N–H and O–H groups in total. The predicted octanol–water partition coefficient (Wildman–Crippen LogP) is 1.74.